The van der Waals surface area contributed by atoms with Crippen LogP contribution in [0.15, 0.2) is 12.1 Å². The summed E-state index contributed by atoms with van der Waals surface area (Å²) >= 11 is 0. The molecule has 1 aliphatic carbocycles. The average molecular weight is 317 g/mol. The molecule has 2 fully saturated rings. The van der Waals surface area contributed by atoms with Gasteiger partial charge in [-0.3, -0.25) is 4.79 Å². The Labute approximate surface area is 136 Å². The van der Waals surface area contributed by atoms with Crippen LogP contribution in [0, 0.1) is 12.8 Å². The van der Waals surface area contributed by atoms with E-state index in [-0.39, 0.29) is 11.9 Å². The minimum Gasteiger partial charge on any atom is -0.465 e. The molecule has 6 nitrogen and oxygen atoms in total. The zero-order valence-electron chi connectivity index (χ0n) is 13.7. The van der Waals surface area contributed by atoms with Crippen molar-refractivity contribution in [3.63, 3.8) is 0 Å². The highest BCUT2D eigenvalue weighted by molar-refractivity contribution is 5.90. The third kappa shape index (κ3) is 3.46. The predicted octanol–water partition coefficient (Wildman–Crippen LogP) is 1.63. The van der Waals surface area contributed by atoms with E-state index < -0.39 is 0 Å². The molecular weight excluding hydrogens is 294 g/mol. The fourth-order valence-electron chi connectivity index (χ4n) is 3.01. The van der Waals surface area contributed by atoms with Crippen LogP contribution in [0.4, 0.5) is 5.82 Å². The molecule has 0 aromatic carbocycles. The Kier molecular flexibility index (Phi) is 4.50. The van der Waals surface area contributed by atoms with Gasteiger partial charge < -0.3 is 14.5 Å². The molecule has 1 aromatic rings. The van der Waals surface area contributed by atoms with Gasteiger partial charge in [0.15, 0.2) is 0 Å². The molecule has 124 valence electrons. The molecule has 0 spiro atoms. The van der Waals surface area contributed by atoms with E-state index in [0.29, 0.717) is 17.2 Å². The number of rotatable bonds is 3. The first-order valence-electron chi connectivity index (χ1n) is 8.20. The van der Waals surface area contributed by atoms with Crippen LogP contribution in [0.3, 0.4) is 0 Å². The summed E-state index contributed by atoms with van der Waals surface area (Å²) in [6.45, 7) is 5.04. The van der Waals surface area contributed by atoms with E-state index >= 15 is 0 Å². The second-order valence-electron chi connectivity index (χ2n) is 6.23. The van der Waals surface area contributed by atoms with Gasteiger partial charge in [0.2, 0.25) is 5.91 Å². The van der Waals surface area contributed by atoms with Crippen molar-refractivity contribution in [2.24, 2.45) is 5.92 Å². The normalized spacial score (nSPS) is 18.5. The van der Waals surface area contributed by atoms with Crippen molar-refractivity contribution in [2.45, 2.75) is 26.2 Å². The van der Waals surface area contributed by atoms with Crippen LogP contribution in [-0.4, -0.2) is 55.0 Å². The van der Waals surface area contributed by atoms with Crippen molar-refractivity contribution in [3.05, 3.63) is 23.4 Å². The maximum Gasteiger partial charge on any atom is 0.339 e. The number of carbonyl (C=O) groups excluding carboxylic acids is 2. The number of nitrogens with zero attached hydrogens (tertiary/aromatic N) is 3. The number of aromatic nitrogens is 1. The summed E-state index contributed by atoms with van der Waals surface area (Å²) in [7, 11) is 1.37. The molecule has 1 aliphatic heterocycles. The van der Waals surface area contributed by atoms with Crippen molar-refractivity contribution in [3.8, 4) is 0 Å². The number of hydrogen-bond acceptors (Lipinski definition) is 5. The molecule has 1 aromatic heterocycles. The summed E-state index contributed by atoms with van der Waals surface area (Å²) in [5.41, 5.74) is 1.17. The number of hydrogen-bond donors (Lipinski definition) is 0. The van der Waals surface area contributed by atoms with Gasteiger partial charge in [-0.2, -0.15) is 0 Å². The lowest BCUT2D eigenvalue weighted by atomic mass is 10.2. The largest absolute Gasteiger partial charge is 0.465 e. The number of carbonyl (C=O) groups is 2. The number of anilines is 1. The number of aryl methyl sites for hydroxylation is 1. The van der Waals surface area contributed by atoms with Crippen LogP contribution in [0.1, 0.15) is 35.3 Å². The molecule has 0 atom stereocenters. The van der Waals surface area contributed by atoms with Gasteiger partial charge in [-0.1, -0.05) is 0 Å². The van der Waals surface area contributed by atoms with Gasteiger partial charge in [0, 0.05) is 32.1 Å². The molecule has 2 aliphatic rings. The third-order valence-electron chi connectivity index (χ3n) is 4.53. The van der Waals surface area contributed by atoms with E-state index in [1.54, 1.807) is 6.07 Å². The van der Waals surface area contributed by atoms with Crippen LogP contribution in [0.25, 0.3) is 0 Å². The van der Waals surface area contributed by atoms with Gasteiger partial charge >= 0.3 is 5.97 Å². The van der Waals surface area contributed by atoms with E-state index in [4.69, 9.17) is 4.74 Å². The zero-order valence-corrected chi connectivity index (χ0v) is 13.7. The van der Waals surface area contributed by atoms with Crippen LogP contribution < -0.4 is 4.90 Å². The van der Waals surface area contributed by atoms with Gasteiger partial charge in [0.25, 0.3) is 0 Å². The number of ether oxygens (including phenoxy) is 1. The van der Waals surface area contributed by atoms with Crippen LogP contribution in [-0.2, 0) is 9.53 Å². The first kappa shape index (κ1) is 15.8. The lowest BCUT2D eigenvalue weighted by Gasteiger charge is -2.23. The topological polar surface area (TPSA) is 62.7 Å². The van der Waals surface area contributed by atoms with Crippen molar-refractivity contribution in [2.75, 3.05) is 38.2 Å². The second-order valence-corrected chi connectivity index (χ2v) is 6.23. The molecule has 1 saturated carbocycles. The quantitative estimate of drug-likeness (QED) is 0.793. The fourth-order valence-corrected chi connectivity index (χ4v) is 3.01. The van der Waals surface area contributed by atoms with Gasteiger partial charge in [0.1, 0.15) is 5.82 Å². The molecule has 1 amide bonds. The summed E-state index contributed by atoms with van der Waals surface area (Å²) in [5, 5.41) is 0. The Hall–Kier alpha value is -2.11. The number of amides is 1. The highest BCUT2D eigenvalue weighted by atomic mass is 16.5. The minimum atomic E-state index is -0.362. The SMILES string of the molecule is COC(=O)c1ccc(N2CCCN(C(=O)C3CC3)CC2)nc1C. The molecular formula is C17H23N3O3. The van der Waals surface area contributed by atoms with Crippen molar-refractivity contribution in [1.82, 2.24) is 9.88 Å². The molecule has 1 saturated heterocycles. The first-order valence-corrected chi connectivity index (χ1v) is 8.20. The number of methoxy groups -OCH3 is 1. The van der Waals surface area contributed by atoms with E-state index in [0.717, 1.165) is 51.3 Å². The van der Waals surface area contributed by atoms with E-state index in [1.807, 2.05) is 17.9 Å². The molecule has 2 heterocycles. The number of esters is 1. The fraction of sp³-hybridized carbons (Fsp3) is 0.588. The average Bonchev–Trinajstić information content (AvgIpc) is 3.39. The van der Waals surface area contributed by atoms with Gasteiger partial charge in [0.05, 0.1) is 18.4 Å². The predicted molar refractivity (Wildman–Crippen MR) is 86.4 cm³/mol. The van der Waals surface area contributed by atoms with Crippen LogP contribution in [0.5, 0.6) is 0 Å². The van der Waals surface area contributed by atoms with Gasteiger partial charge in [-0.15, -0.1) is 0 Å². The smallest absolute Gasteiger partial charge is 0.339 e. The Morgan fingerprint density at radius 1 is 1.17 bits per heavy atom. The molecule has 6 heteroatoms. The molecule has 0 radical (unpaired) electrons. The van der Waals surface area contributed by atoms with E-state index in [2.05, 4.69) is 9.88 Å². The first-order chi connectivity index (χ1) is 11.1. The van der Waals surface area contributed by atoms with Gasteiger partial charge in [-0.05, 0) is 38.3 Å². The maximum atomic E-state index is 12.2. The lowest BCUT2D eigenvalue weighted by Crippen LogP contribution is -2.36. The Morgan fingerprint density at radius 3 is 2.61 bits per heavy atom. The Bertz CT molecular complexity index is 613. The maximum absolute atomic E-state index is 12.2. The minimum absolute atomic E-state index is 0.279. The molecule has 0 bridgehead atoms. The second kappa shape index (κ2) is 6.56. The van der Waals surface area contributed by atoms with E-state index in [9.17, 15) is 9.59 Å². The summed E-state index contributed by atoms with van der Waals surface area (Å²) in [4.78, 5) is 32.6. The molecule has 0 N–H and O–H groups in total. The third-order valence-corrected chi connectivity index (χ3v) is 4.53. The number of pyridine rings is 1. The summed E-state index contributed by atoms with van der Waals surface area (Å²) in [6, 6.07) is 3.62. The van der Waals surface area contributed by atoms with Crippen LogP contribution >= 0.6 is 0 Å². The summed E-state index contributed by atoms with van der Waals surface area (Å²) in [6.07, 6.45) is 3.04. The van der Waals surface area contributed by atoms with Gasteiger partial charge in [-0.25, -0.2) is 9.78 Å². The lowest BCUT2D eigenvalue weighted by molar-refractivity contribution is -0.132. The molecule has 3 rings (SSSR count). The summed E-state index contributed by atoms with van der Waals surface area (Å²) < 4.78 is 4.75. The van der Waals surface area contributed by atoms with Crippen molar-refractivity contribution >= 4 is 17.7 Å². The molecule has 23 heavy (non-hydrogen) atoms. The Morgan fingerprint density at radius 2 is 1.96 bits per heavy atom. The van der Waals surface area contributed by atoms with Crippen molar-refractivity contribution < 1.29 is 14.3 Å². The monoisotopic (exact) mass is 317 g/mol. The highest BCUT2D eigenvalue weighted by Crippen LogP contribution is 2.31. The standard InChI is InChI=1S/C17H23N3O3/c1-12-14(17(22)23-2)6-7-15(18-12)19-8-3-9-20(11-10-19)16(21)13-4-5-13/h6-7,13H,3-5,8-11H2,1-2H3. The van der Waals surface area contributed by atoms with E-state index in [1.165, 1.54) is 7.11 Å². The zero-order chi connectivity index (χ0) is 16.4. The highest BCUT2D eigenvalue weighted by Gasteiger charge is 2.34. The molecule has 0 unspecified atom stereocenters. The Balaban J connectivity index is 1.68. The van der Waals surface area contributed by atoms with Crippen LogP contribution in [0.2, 0.25) is 0 Å². The van der Waals surface area contributed by atoms with Crippen molar-refractivity contribution in [1.29, 1.82) is 0 Å². The summed E-state index contributed by atoms with van der Waals surface area (Å²) in [5.74, 6) is 1.09.